The molecule has 0 aliphatic carbocycles. The molecule has 1 atom stereocenters. The highest BCUT2D eigenvalue weighted by atomic mass is 16.5. The molecule has 1 unspecified atom stereocenters. The number of ether oxygens (including phenoxy) is 1. The molecule has 20 heavy (non-hydrogen) atoms. The first kappa shape index (κ1) is 15.7. The second-order valence-electron chi connectivity index (χ2n) is 5.85. The Morgan fingerprint density at radius 2 is 1.95 bits per heavy atom. The van der Waals surface area contributed by atoms with Gasteiger partial charge < -0.3 is 15.8 Å². The number of rotatable bonds is 5. The fourth-order valence-electron chi connectivity index (χ4n) is 2.83. The van der Waals surface area contributed by atoms with E-state index in [-0.39, 0.29) is 5.91 Å². The monoisotopic (exact) mass is 284 g/mol. The fraction of sp³-hybridized carbons (Fsp3) is 0.929. The van der Waals surface area contributed by atoms with E-state index in [1.807, 2.05) is 0 Å². The molecule has 0 aromatic rings. The first-order chi connectivity index (χ1) is 9.69. The summed E-state index contributed by atoms with van der Waals surface area (Å²) in [7, 11) is 0. The van der Waals surface area contributed by atoms with Crippen molar-refractivity contribution < 1.29 is 9.53 Å². The second-order valence-corrected chi connectivity index (χ2v) is 5.85. The van der Waals surface area contributed by atoms with Crippen molar-refractivity contribution in [1.82, 2.24) is 15.1 Å². The maximum atomic E-state index is 12.0. The van der Waals surface area contributed by atoms with Gasteiger partial charge in [-0.25, -0.2) is 0 Å². The molecule has 2 rings (SSSR count). The van der Waals surface area contributed by atoms with Gasteiger partial charge in [-0.15, -0.1) is 0 Å². The summed E-state index contributed by atoms with van der Waals surface area (Å²) in [5.41, 5.74) is 5.69. The Labute approximate surface area is 121 Å². The highest BCUT2D eigenvalue weighted by Gasteiger charge is 2.23. The van der Waals surface area contributed by atoms with Crippen LogP contribution in [0.25, 0.3) is 0 Å². The van der Waals surface area contributed by atoms with Crippen molar-refractivity contribution in [3.05, 3.63) is 0 Å². The van der Waals surface area contributed by atoms with E-state index in [0.717, 1.165) is 52.2 Å². The van der Waals surface area contributed by atoms with Crippen LogP contribution in [0.1, 0.15) is 19.8 Å². The smallest absolute Gasteiger partial charge is 0.234 e. The van der Waals surface area contributed by atoms with Crippen LogP contribution in [0.2, 0.25) is 0 Å². The van der Waals surface area contributed by atoms with Crippen molar-refractivity contribution in [2.24, 2.45) is 5.73 Å². The maximum Gasteiger partial charge on any atom is 0.234 e. The molecule has 0 aromatic heterocycles. The molecule has 2 aliphatic rings. The van der Waals surface area contributed by atoms with Crippen LogP contribution in [-0.2, 0) is 9.53 Å². The Kier molecular flexibility index (Phi) is 6.22. The molecule has 1 amide bonds. The van der Waals surface area contributed by atoms with Crippen LogP contribution in [0, 0.1) is 0 Å². The summed E-state index contributed by atoms with van der Waals surface area (Å²) in [4.78, 5) is 16.7. The summed E-state index contributed by atoms with van der Waals surface area (Å²) in [6, 6.07) is 0.739. The van der Waals surface area contributed by atoms with Crippen LogP contribution >= 0.6 is 0 Å². The quantitative estimate of drug-likeness (QED) is 0.695. The molecule has 0 spiro atoms. The third-order valence-electron chi connectivity index (χ3n) is 4.32. The molecule has 2 aliphatic heterocycles. The number of nitrogens with two attached hydrogens (primary N) is 1. The molecule has 0 bridgehead atoms. The second kappa shape index (κ2) is 7.93. The highest BCUT2D eigenvalue weighted by molar-refractivity contribution is 5.78. The van der Waals surface area contributed by atoms with Gasteiger partial charge in [0.15, 0.2) is 0 Å². The number of amides is 1. The van der Waals surface area contributed by atoms with Gasteiger partial charge in [-0.05, 0) is 19.8 Å². The largest absolute Gasteiger partial charge is 0.381 e. The lowest BCUT2D eigenvalue weighted by Crippen LogP contribution is -2.53. The number of hydrogen-bond acceptors (Lipinski definition) is 5. The molecule has 6 heteroatoms. The summed E-state index contributed by atoms with van der Waals surface area (Å²) in [6.07, 6.45) is 1.88. The van der Waals surface area contributed by atoms with E-state index in [4.69, 9.17) is 10.5 Å². The zero-order chi connectivity index (χ0) is 14.4. The Bertz CT molecular complexity index is 300. The fourth-order valence-corrected chi connectivity index (χ4v) is 2.83. The Morgan fingerprint density at radius 3 is 2.55 bits per heavy atom. The molecule has 2 heterocycles. The zero-order valence-electron chi connectivity index (χ0n) is 12.5. The third kappa shape index (κ3) is 4.70. The summed E-state index contributed by atoms with van der Waals surface area (Å²) in [5.74, 6) is 0.150. The van der Waals surface area contributed by atoms with Crippen molar-refractivity contribution in [3.63, 3.8) is 0 Å². The van der Waals surface area contributed by atoms with Crippen LogP contribution < -0.4 is 11.1 Å². The standard InChI is InChI=1S/C14H28N4O2/c1-12(10-15)18-6-4-17(5-7-18)11-14(19)16-13-2-8-20-9-3-13/h12-13H,2-11,15H2,1H3,(H,16,19). The van der Waals surface area contributed by atoms with Gasteiger partial charge in [0.25, 0.3) is 0 Å². The first-order valence-electron chi connectivity index (χ1n) is 7.72. The third-order valence-corrected chi connectivity index (χ3v) is 4.32. The van der Waals surface area contributed by atoms with Gasteiger partial charge in [0.2, 0.25) is 5.91 Å². The van der Waals surface area contributed by atoms with Gasteiger partial charge in [-0.3, -0.25) is 14.6 Å². The lowest BCUT2D eigenvalue weighted by atomic mass is 10.1. The first-order valence-corrected chi connectivity index (χ1v) is 7.72. The lowest BCUT2D eigenvalue weighted by molar-refractivity contribution is -0.124. The molecule has 3 N–H and O–H groups in total. The number of carbonyl (C=O) groups excluding carboxylic acids is 1. The predicted octanol–water partition coefficient (Wildman–Crippen LogP) is -0.754. The zero-order valence-corrected chi connectivity index (χ0v) is 12.5. The Morgan fingerprint density at radius 1 is 1.30 bits per heavy atom. The van der Waals surface area contributed by atoms with Crippen molar-refractivity contribution in [3.8, 4) is 0 Å². The van der Waals surface area contributed by atoms with Crippen LogP contribution in [0.4, 0.5) is 0 Å². The SMILES string of the molecule is CC(CN)N1CCN(CC(=O)NC2CCOCC2)CC1. The highest BCUT2D eigenvalue weighted by Crippen LogP contribution is 2.07. The molecule has 0 radical (unpaired) electrons. The van der Waals surface area contributed by atoms with Crippen molar-refractivity contribution in [2.75, 3.05) is 52.5 Å². The van der Waals surface area contributed by atoms with Gasteiger partial charge in [0.1, 0.15) is 0 Å². The molecule has 116 valence electrons. The molecule has 2 fully saturated rings. The summed E-state index contributed by atoms with van der Waals surface area (Å²) < 4.78 is 5.30. The Hall–Kier alpha value is -0.690. The van der Waals surface area contributed by atoms with Crippen molar-refractivity contribution in [2.45, 2.75) is 31.8 Å². The lowest BCUT2D eigenvalue weighted by Gasteiger charge is -2.37. The van der Waals surface area contributed by atoms with E-state index in [1.54, 1.807) is 0 Å². The van der Waals surface area contributed by atoms with Gasteiger partial charge in [0.05, 0.1) is 6.54 Å². The van der Waals surface area contributed by atoms with E-state index in [2.05, 4.69) is 22.0 Å². The molecular weight excluding hydrogens is 256 g/mol. The van der Waals surface area contributed by atoms with Gasteiger partial charge in [-0.2, -0.15) is 0 Å². The average Bonchev–Trinajstić information content (AvgIpc) is 2.48. The minimum atomic E-state index is 0.150. The number of piperazine rings is 1. The number of carbonyl (C=O) groups is 1. The van der Waals surface area contributed by atoms with Gasteiger partial charge in [0, 0.05) is 58.0 Å². The average molecular weight is 284 g/mol. The summed E-state index contributed by atoms with van der Waals surface area (Å²) in [6.45, 7) is 8.81. The van der Waals surface area contributed by atoms with E-state index < -0.39 is 0 Å². The molecule has 0 saturated carbocycles. The summed E-state index contributed by atoms with van der Waals surface area (Å²) in [5, 5.41) is 3.12. The summed E-state index contributed by atoms with van der Waals surface area (Å²) >= 11 is 0. The topological polar surface area (TPSA) is 70.8 Å². The van der Waals surface area contributed by atoms with E-state index in [9.17, 15) is 4.79 Å². The minimum Gasteiger partial charge on any atom is -0.381 e. The molecule has 6 nitrogen and oxygen atoms in total. The number of hydrogen-bond donors (Lipinski definition) is 2. The van der Waals surface area contributed by atoms with E-state index in [0.29, 0.717) is 25.2 Å². The van der Waals surface area contributed by atoms with Crippen LogP contribution in [0.15, 0.2) is 0 Å². The van der Waals surface area contributed by atoms with Crippen LogP contribution in [-0.4, -0.2) is 80.3 Å². The van der Waals surface area contributed by atoms with E-state index in [1.165, 1.54) is 0 Å². The van der Waals surface area contributed by atoms with Crippen molar-refractivity contribution in [1.29, 1.82) is 0 Å². The van der Waals surface area contributed by atoms with Gasteiger partial charge >= 0.3 is 0 Å². The number of nitrogens with zero attached hydrogens (tertiary/aromatic N) is 2. The van der Waals surface area contributed by atoms with Crippen molar-refractivity contribution >= 4 is 5.91 Å². The minimum absolute atomic E-state index is 0.150. The van der Waals surface area contributed by atoms with Gasteiger partial charge in [-0.1, -0.05) is 0 Å². The molecule has 2 saturated heterocycles. The predicted molar refractivity (Wildman–Crippen MR) is 78.5 cm³/mol. The normalized spacial score (nSPS) is 24.5. The van der Waals surface area contributed by atoms with Crippen LogP contribution in [0.5, 0.6) is 0 Å². The van der Waals surface area contributed by atoms with E-state index >= 15 is 0 Å². The van der Waals surface area contributed by atoms with Crippen LogP contribution in [0.3, 0.4) is 0 Å². The maximum absolute atomic E-state index is 12.0. The molecular formula is C14H28N4O2. The Balaban J connectivity index is 1.65. The number of nitrogens with one attached hydrogen (secondary N) is 1. The molecule has 0 aromatic carbocycles.